The number of rotatable bonds is 3. The fourth-order valence-corrected chi connectivity index (χ4v) is 5.74. The van der Waals surface area contributed by atoms with Crippen LogP contribution in [0.25, 0.3) is 0 Å². The summed E-state index contributed by atoms with van der Waals surface area (Å²) in [6, 6.07) is 2.63. The molecule has 1 aliphatic heterocycles. The summed E-state index contributed by atoms with van der Waals surface area (Å²) in [6.07, 6.45) is 4.29. The van der Waals surface area contributed by atoms with Gasteiger partial charge in [0.25, 0.3) is 0 Å². The van der Waals surface area contributed by atoms with Crippen LogP contribution in [0, 0.1) is 11.8 Å². The molecular weight excluding hydrogens is 376 g/mol. The third-order valence-electron chi connectivity index (χ3n) is 4.41. The highest BCUT2D eigenvalue weighted by atomic mass is 79.9. The normalized spacial score (nSPS) is 29.7. The second kappa shape index (κ2) is 5.52. The number of hydrogen-bond donors (Lipinski definition) is 1. The first-order valence-electron chi connectivity index (χ1n) is 6.58. The van der Waals surface area contributed by atoms with Crippen LogP contribution >= 0.6 is 43.2 Å². The maximum Gasteiger partial charge on any atom is 0.0843 e. The zero-order valence-corrected chi connectivity index (χ0v) is 14.2. The Morgan fingerprint density at radius 1 is 1.33 bits per heavy atom. The summed E-state index contributed by atoms with van der Waals surface area (Å²) in [6.45, 7) is 3.22. The van der Waals surface area contributed by atoms with E-state index in [4.69, 9.17) is 5.73 Å². The number of likely N-dealkylation sites (tertiary alicyclic amines) is 1. The van der Waals surface area contributed by atoms with Crippen molar-refractivity contribution in [3.8, 4) is 0 Å². The Morgan fingerprint density at radius 2 is 2.00 bits per heavy atom. The highest BCUT2D eigenvalue weighted by Crippen LogP contribution is 2.43. The minimum absolute atomic E-state index is 0.406. The fourth-order valence-electron chi connectivity index (χ4n) is 3.50. The first-order valence-corrected chi connectivity index (χ1v) is 8.98. The average molecular weight is 394 g/mol. The summed E-state index contributed by atoms with van der Waals surface area (Å²) in [5.74, 6) is 1.87. The number of fused-ring (bicyclic) bond motifs is 1. The molecule has 3 unspecified atom stereocenters. The van der Waals surface area contributed by atoms with Crippen LogP contribution in [0.5, 0.6) is 0 Å². The lowest BCUT2D eigenvalue weighted by atomic mass is 10.0. The summed E-state index contributed by atoms with van der Waals surface area (Å²) in [4.78, 5) is 4.00. The predicted octanol–water partition coefficient (Wildman–Crippen LogP) is 4.00. The van der Waals surface area contributed by atoms with Crippen LogP contribution in [0.4, 0.5) is 0 Å². The van der Waals surface area contributed by atoms with Gasteiger partial charge in [-0.1, -0.05) is 6.42 Å². The van der Waals surface area contributed by atoms with E-state index in [-0.39, 0.29) is 0 Å². The van der Waals surface area contributed by atoms with Gasteiger partial charge in [-0.2, -0.15) is 0 Å². The Balaban J connectivity index is 1.77. The molecule has 1 aromatic rings. The molecule has 1 saturated carbocycles. The van der Waals surface area contributed by atoms with Gasteiger partial charge in [-0.3, -0.25) is 4.90 Å². The van der Waals surface area contributed by atoms with Gasteiger partial charge in [-0.05, 0) is 62.6 Å². The molecule has 1 aromatic heterocycles. The molecule has 0 aromatic carbocycles. The van der Waals surface area contributed by atoms with E-state index in [1.165, 1.54) is 41.0 Å². The number of hydrogen-bond acceptors (Lipinski definition) is 3. The first-order chi connectivity index (χ1) is 8.69. The molecule has 0 amide bonds. The monoisotopic (exact) mass is 392 g/mol. The van der Waals surface area contributed by atoms with Crippen molar-refractivity contribution in [1.82, 2.24) is 4.90 Å². The van der Waals surface area contributed by atoms with E-state index in [0.717, 1.165) is 22.9 Å². The molecular formula is C13H18Br2N2S. The van der Waals surface area contributed by atoms with Gasteiger partial charge in [0, 0.05) is 29.0 Å². The lowest BCUT2D eigenvalue weighted by molar-refractivity contribution is 0.235. The van der Waals surface area contributed by atoms with Crippen LogP contribution < -0.4 is 5.73 Å². The van der Waals surface area contributed by atoms with Gasteiger partial charge >= 0.3 is 0 Å². The van der Waals surface area contributed by atoms with Crippen molar-refractivity contribution in [2.24, 2.45) is 17.6 Å². The van der Waals surface area contributed by atoms with Gasteiger partial charge in [0.05, 0.1) is 9.83 Å². The molecule has 5 heteroatoms. The van der Waals surface area contributed by atoms with Crippen LogP contribution in [0.15, 0.2) is 14.3 Å². The van der Waals surface area contributed by atoms with Crippen molar-refractivity contribution in [2.75, 3.05) is 19.6 Å². The second-order valence-corrected chi connectivity index (χ2v) is 8.68. The van der Waals surface area contributed by atoms with E-state index in [9.17, 15) is 0 Å². The van der Waals surface area contributed by atoms with E-state index in [1.54, 1.807) is 0 Å². The number of nitrogens with zero attached hydrogens (tertiary/aromatic N) is 1. The van der Waals surface area contributed by atoms with Gasteiger partial charge < -0.3 is 5.73 Å². The van der Waals surface area contributed by atoms with Crippen LogP contribution in [-0.2, 0) is 0 Å². The maximum absolute atomic E-state index is 6.03. The van der Waals surface area contributed by atoms with Gasteiger partial charge in [0.15, 0.2) is 0 Å². The van der Waals surface area contributed by atoms with Crippen LogP contribution in [-0.4, -0.2) is 24.5 Å². The largest absolute Gasteiger partial charge is 0.329 e. The van der Waals surface area contributed by atoms with Gasteiger partial charge in [0.2, 0.25) is 0 Å². The molecule has 2 N–H and O–H groups in total. The van der Waals surface area contributed by atoms with E-state index in [1.807, 2.05) is 11.3 Å². The highest BCUT2D eigenvalue weighted by molar-refractivity contribution is 9.13. The molecule has 100 valence electrons. The molecule has 18 heavy (non-hydrogen) atoms. The molecule has 2 nitrogen and oxygen atoms in total. The molecule has 2 fully saturated rings. The maximum atomic E-state index is 6.03. The smallest absolute Gasteiger partial charge is 0.0843 e. The lowest BCUT2D eigenvalue weighted by Gasteiger charge is -2.26. The predicted molar refractivity (Wildman–Crippen MR) is 83.9 cm³/mol. The molecule has 3 atom stereocenters. The Bertz CT molecular complexity index is 403. The zero-order valence-electron chi connectivity index (χ0n) is 10.2. The van der Waals surface area contributed by atoms with Crippen molar-refractivity contribution in [3.05, 3.63) is 19.2 Å². The fraction of sp³-hybridized carbons (Fsp3) is 0.692. The number of nitrogens with two attached hydrogens (primary N) is 1. The molecule has 0 spiro atoms. The minimum Gasteiger partial charge on any atom is -0.329 e. The molecule has 1 aliphatic carbocycles. The molecule has 0 radical (unpaired) electrons. The summed E-state index contributed by atoms with van der Waals surface area (Å²) in [5, 5.41) is 0. The Morgan fingerprint density at radius 3 is 2.50 bits per heavy atom. The zero-order chi connectivity index (χ0) is 12.7. The van der Waals surface area contributed by atoms with Crippen LogP contribution in [0.2, 0.25) is 0 Å². The van der Waals surface area contributed by atoms with E-state index in [0.29, 0.717) is 6.04 Å². The Labute approximate surface area is 129 Å². The van der Waals surface area contributed by atoms with E-state index >= 15 is 0 Å². The second-order valence-electron chi connectivity index (χ2n) is 5.43. The summed E-state index contributed by atoms with van der Waals surface area (Å²) in [7, 11) is 0. The lowest BCUT2D eigenvalue weighted by Crippen LogP contribution is -2.32. The minimum atomic E-state index is 0.406. The number of halogens is 2. The van der Waals surface area contributed by atoms with Crippen molar-refractivity contribution in [1.29, 1.82) is 0 Å². The SMILES string of the molecule is NCC(c1cc(Br)c(Br)s1)N1CC2CCCC2C1. The highest BCUT2D eigenvalue weighted by Gasteiger charge is 2.39. The molecule has 1 saturated heterocycles. The summed E-state index contributed by atoms with van der Waals surface area (Å²) >= 11 is 8.97. The van der Waals surface area contributed by atoms with Crippen molar-refractivity contribution >= 4 is 43.2 Å². The van der Waals surface area contributed by atoms with Crippen molar-refractivity contribution < 1.29 is 0 Å². The molecule has 2 aliphatic rings. The molecule has 0 bridgehead atoms. The third-order valence-corrected chi connectivity index (χ3v) is 7.77. The van der Waals surface area contributed by atoms with E-state index in [2.05, 4.69) is 42.8 Å². The summed E-state index contributed by atoms with van der Waals surface area (Å²) in [5.41, 5.74) is 6.03. The molecule has 2 heterocycles. The quantitative estimate of drug-likeness (QED) is 0.840. The summed E-state index contributed by atoms with van der Waals surface area (Å²) < 4.78 is 2.33. The average Bonchev–Trinajstić information content (AvgIpc) is 2.96. The topological polar surface area (TPSA) is 29.3 Å². The van der Waals surface area contributed by atoms with Gasteiger partial charge in [-0.25, -0.2) is 0 Å². The van der Waals surface area contributed by atoms with Crippen molar-refractivity contribution in [3.63, 3.8) is 0 Å². The standard InChI is InChI=1S/C13H18Br2N2S/c14-10-4-12(18-13(10)15)11(5-16)17-6-8-2-1-3-9(8)7-17/h4,8-9,11H,1-3,5-7,16H2. The van der Waals surface area contributed by atoms with Gasteiger partial charge in [0.1, 0.15) is 0 Å². The molecule has 3 rings (SSSR count). The van der Waals surface area contributed by atoms with Crippen molar-refractivity contribution in [2.45, 2.75) is 25.3 Å². The van der Waals surface area contributed by atoms with Crippen LogP contribution in [0.3, 0.4) is 0 Å². The number of thiophene rings is 1. The third kappa shape index (κ3) is 2.44. The Hall–Kier alpha value is 0.580. The van der Waals surface area contributed by atoms with E-state index < -0.39 is 0 Å². The van der Waals surface area contributed by atoms with Crippen LogP contribution in [0.1, 0.15) is 30.2 Å². The first kappa shape index (κ1) is 13.6. The Kier molecular flexibility index (Phi) is 4.16. The van der Waals surface area contributed by atoms with Gasteiger partial charge in [-0.15, -0.1) is 11.3 Å².